The highest BCUT2D eigenvalue weighted by Crippen LogP contribution is 2.26. The minimum Gasteiger partial charge on any atom is -0.375 e. The summed E-state index contributed by atoms with van der Waals surface area (Å²) in [7, 11) is -1.85. The Hall–Kier alpha value is -2.05. The monoisotopic (exact) mass is 408 g/mol. The second kappa shape index (κ2) is 8.76. The molecule has 0 fully saturated rings. The normalized spacial score (nSPS) is 11.9. The third-order valence-corrected chi connectivity index (χ3v) is 7.17. The lowest BCUT2D eigenvalue weighted by molar-refractivity contribution is -0.122. The summed E-state index contributed by atoms with van der Waals surface area (Å²) >= 11 is 5.81. The standard InChI is InChI=1S/C20H25ClN2O3S/c1-20(2,27(25,26)18-12-10-16(21)11-13-18)19(24)22-14-7-15-23(3)17-8-5-4-6-9-17/h4-6,8-13H,7,14-15H2,1-3H3,(H,22,24). The zero-order chi connectivity index (χ0) is 20.1. The van der Waals surface area contributed by atoms with Crippen molar-refractivity contribution < 1.29 is 13.2 Å². The van der Waals surface area contributed by atoms with Crippen molar-refractivity contribution in [1.82, 2.24) is 5.32 Å². The summed E-state index contributed by atoms with van der Waals surface area (Å²) in [5, 5.41) is 3.19. The van der Waals surface area contributed by atoms with Crippen LogP contribution in [-0.4, -0.2) is 39.2 Å². The predicted molar refractivity (Wildman–Crippen MR) is 110 cm³/mol. The number of rotatable bonds is 8. The van der Waals surface area contributed by atoms with Crippen molar-refractivity contribution in [3.8, 4) is 0 Å². The Morgan fingerprint density at radius 1 is 1.07 bits per heavy atom. The lowest BCUT2D eigenvalue weighted by Gasteiger charge is -2.24. The van der Waals surface area contributed by atoms with Crippen LogP contribution in [0.1, 0.15) is 20.3 Å². The molecule has 146 valence electrons. The lowest BCUT2D eigenvalue weighted by Crippen LogP contribution is -2.48. The van der Waals surface area contributed by atoms with Crippen LogP contribution in [0.25, 0.3) is 0 Å². The molecule has 0 aromatic heterocycles. The maximum atomic E-state index is 12.8. The first-order valence-electron chi connectivity index (χ1n) is 8.71. The predicted octanol–water partition coefficient (Wildman–Crippen LogP) is 3.54. The molecule has 0 bridgehead atoms. The summed E-state index contributed by atoms with van der Waals surface area (Å²) in [4.78, 5) is 14.7. The van der Waals surface area contributed by atoms with E-state index in [2.05, 4.69) is 10.2 Å². The van der Waals surface area contributed by atoms with Gasteiger partial charge in [-0.15, -0.1) is 0 Å². The van der Waals surface area contributed by atoms with Gasteiger partial charge in [0.1, 0.15) is 4.75 Å². The van der Waals surface area contributed by atoms with Gasteiger partial charge in [-0.2, -0.15) is 0 Å². The van der Waals surface area contributed by atoms with Gasteiger partial charge in [-0.3, -0.25) is 4.79 Å². The van der Waals surface area contributed by atoms with Crippen molar-refractivity contribution in [2.45, 2.75) is 29.9 Å². The Morgan fingerprint density at radius 2 is 1.67 bits per heavy atom. The number of para-hydroxylation sites is 1. The Morgan fingerprint density at radius 3 is 2.26 bits per heavy atom. The van der Waals surface area contributed by atoms with Crippen LogP contribution in [0.4, 0.5) is 5.69 Å². The maximum absolute atomic E-state index is 12.8. The molecular weight excluding hydrogens is 384 g/mol. The van der Waals surface area contributed by atoms with E-state index in [9.17, 15) is 13.2 Å². The number of hydrogen-bond donors (Lipinski definition) is 1. The van der Waals surface area contributed by atoms with Gasteiger partial charge in [0, 0.05) is 30.8 Å². The molecule has 27 heavy (non-hydrogen) atoms. The molecule has 0 aliphatic heterocycles. The van der Waals surface area contributed by atoms with Gasteiger partial charge in [-0.1, -0.05) is 29.8 Å². The molecule has 0 atom stereocenters. The van der Waals surface area contributed by atoms with Gasteiger partial charge >= 0.3 is 0 Å². The largest absolute Gasteiger partial charge is 0.375 e. The number of sulfone groups is 1. The number of halogens is 1. The summed E-state index contributed by atoms with van der Waals surface area (Å²) in [6.07, 6.45) is 0.703. The van der Waals surface area contributed by atoms with Crippen molar-refractivity contribution in [2.24, 2.45) is 0 Å². The fraction of sp³-hybridized carbons (Fsp3) is 0.350. The topological polar surface area (TPSA) is 66.5 Å². The van der Waals surface area contributed by atoms with Crippen LogP contribution in [0.2, 0.25) is 5.02 Å². The van der Waals surface area contributed by atoms with Crippen LogP contribution in [0, 0.1) is 0 Å². The fourth-order valence-corrected chi connectivity index (χ4v) is 4.10. The van der Waals surface area contributed by atoms with Gasteiger partial charge in [0.2, 0.25) is 5.91 Å². The number of hydrogen-bond acceptors (Lipinski definition) is 4. The minimum atomic E-state index is -3.83. The third-order valence-electron chi connectivity index (χ3n) is 4.50. The van der Waals surface area contributed by atoms with Crippen LogP contribution in [0.5, 0.6) is 0 Å². The molecule has 2 rings (SSSR count). The van der Waals surface area contributed by atoms with Crippen molar-refractivity contribution in [3.63, 3.8) is 0 Å². The molecule has 2 aromatic carbocycles. The maximum Gasteiger partial charge on any atom is 0.241 e. The zero-order valence-corrected chi connectivity index (χ0v) is 17.3. The molecule has 1 N–H and O–H groups in total. The molecule has 7 heteroatoms. The molecule has 5 nitrogen and oxygen atoms in total. The van der Waals surface area contributed by atoms with Crippen LogP contribution >= 0.6 is 11.6 Å². The van der Waals surface area contributed by atoms with Gasteiger partial charge < -0.3 is 10.2 Å². The first-order valence-corrected chi connectivity index (χ1v) is 10.6. The number of carbonyl (C=O) groups excluding carboxylic acids is 1. The van der Waals surface area contributed by atoms with Gasteiger partial charge in [0.05, 0.1) is 4.90 Å². The second-order valence-electron chi connectivity index (χ2n) is 6.83. The molecule has 0 saturated carbocycles. The quantitative estimate of drug-likeness (QED) is 0.678. The third kappa shape index (κ3) is 5.02. The van der Waals surface area contributed by atoms with Crippen LogP contribution in [0.15, 0.2) is 59.5 Å². The van der Waals surface area contributed by atoms with E-state index in [1.807, 2.05) is 37.4 Å². The summed E-state index contributed by atoms with van der Waals surface area (Å²) < 4.78 is 24.1. The Bertz CT molecular complexity index is 866. The van der Waals surface area contributed by atoms with Gasteiger partial charge in [0.25, 0.3) is 0 Å². The van der Waals surface area contributed by atoms with E-state index < -0.39 is 20.5 Å². The van der Waals surface area contributed by atoms with Gasteiger partial charge in [-0.25, -0.2) is 8.42 Å². The summed E-state index contributed by atoms with van der Waals surface area (Å²) in [6, 6.07) is 15.8. The first kappa shape index (κ1) is 21.3. The zero-order valence-electron chi connectivity index (χ0n) is 15.8. The Kier molecular flexibility index (Phi) is 6.89. The van der Waals surface area contributed by atoms with E-state index in [0.29, 0.717) is 18.0 Å². The molecule has 0 aliphatic rings. The van der Waals surface area contributed by atoms with E-state index in [0.717, 1.165) is 12.2 Å². The molecule has 0 saturated heterocycles. The average molecular weight is 409 g/mol. The SMILES string of the molecule is CN(CCCNC(=O)C(C)(C)S(=O)(=O)c1ccc(Cl)cc1)c1ccccc1. The van der Waals surface area contributed by atoms with Crippen LogP contribution in [0.3, 0.4) is 0 Å². The molecule has 0 radical (unpaired) electrons. The number of nitrogens with zero attached hydrogens (tertiary/aromatic N) is 1. The molecule has 1 amide bonds. The van der Waals surface area contributed by atoms with E-state index in [1.54, 1.807) is 0 Å². The first-order chi connectivity index (χ1) is 12.7. The van der Waals surface area contributed by atoms with Gasteiger partial charge in [-0.05, 0) is 56.7 Å². The molecule has 0 spiro atoms. The summed E-state index contributed by atoms with van der Waals surface area (Å²) in [5.74, 6) is -0.514. The van der Waals surface area contributed by atoms with Crippen LogP contribution in [-0.2, 0) is 14.6 Å². The highest BCUT2D eigenvalue weighted by molar-refractivity contribution is 7.93. The Balaban J connectivity index is 1.93. The molecule has 0 unspecified atom stereocenters. The Labute approximate surface area is 166 Å². The number of benzene rings is 2. The number of anilines is 1. The van der Waals surface area contributed by atoms with E-state index in [4.69, 9.17) is 11.6 Å². The van der Waals surface area contributed by atoms with E-state index >= 15 is 0 Å². The van der Waals surface area contributed by atoms with Crippen molar-refractivity contribution >= 4 is 33.0 Å². The van der Waals surface area contributed by atoms with E-state index in [-0.39, 0.29) is 4.90 Å². The molecule has 0 heterocycles. The van der Waals surface area contributed by atoms with Crippen molar-refractivity contribution in [3.05, 3.63) is 59.6 Å². The highest BCUT2D eigenvalue weighted by atomic mass is 35.5. The smallest absolute Gasteiger partial charge is 0.241 e. The number of carbonyl (C=O) groups is 1. The molecule has 0 aliphatic carbocycles. The van der Waals surface area contributed by atoms with Crippen molar-refractivity contribution in [2.75, 3.05) is 25.0 Å². The highest BCUT2D eigenvalue weighted by Gasteiger charge is 2.42. The fourth-order valence-electron chi connectivity index (χ4n) is 2.57. The molecular formula is C20H25ClN2O3S. The van der Waals surface area contributed by atoms with Crippen LogP contribution < -0.4 is 10.2 Å². The van der Waals surface area contributed by atoms with E-state index in [1.165, 1.54) is 38.1 Å². The summed E-state index contributed by atoms with van der Waals surface area (Å²) in [6.45, 7) is 3.98. The van der Waals surface area contributed by atoms with Gasteiger partial charge in [0.15, 0.2) is 9.84 Å². The number of nitrogens with one attached hydrogen (secondary N) is 1. The second-order valence-corrected chi connectivity index (χ2v) is 9.77. The van der Waals surface area contributed by atoms with Crippen molar-refractivity contribution in [1.29, 1.82) is 0 Å². The minimum absolute atomic E-state index is 0.0795. The molecule has 2 aromatic rings. The average Bonchev–Trinajstić information content (AvgIpc) is 2.65. The lowest BCUT2D eigenvalue weighted by atomic mass is 10.2. The number of amides is 1. The summed E-state index contributed by atoms with van der Waals surface area (Å²) in [5.41, 5.74) is 1.09.